The van der Waals surface area contributed by atoms with Crippen molar-refractivity contribution in [2.24, 2.45) is 0 Å². The smallest absolute Gasteiger partial charge is 0.329 e. The van der Waals surface area contributed by atoms with E-state index in [9.17, 15) is 20.1 Å². The maximum Gasteiger partial charge on any atom is 0.329 e. The van der Waals surface area contributed by atoms with Crippen molar-refractivity contribution in [3.63, 3.8) is 0 Å². The van der Waals surface area contributed by atoms with Gasteiger partial charge in [-0.05, 0) is 89.1 Å². The molecule has 0 unspecified atom stereocenters. The van der Waals surface area contributed by atoms with Gasteiger partial charge in [0.05, 0.1) is 4.92 Å². The molecule has 3 N–H and O–H groups in total. The third kappa shape index (κ3) is 6.18. The molecule has 1 fully saturated rings. The lowest BCUT2D eigenvalue weighted by Gasteiger charge is -2.50. The van der Waals surface area contributed by atoms with E-state index in [1.807, 2.05) is 27.7 Å². The highest BCUT2D eigenvalue weighted by atomic mass is 35.5. The van der Waals surface area contributed by atoms with Crippen LogP contribution >= 0.6 is 11.6 Å². The number of anilines is 4. The minimum atomic E-state index is -0.584. The van der Waals surface area contributed by atoms with Crippen LogP contribution in [0.5, 0.6) is 0 Å². The molecular weight excluding hydrogens is 510 g/mol. The Morgan fingerprint density at radius 1 is 1.00 bits per heavy atom. The molecule has 2 heterocycles. The Balaban J connectivity index is 1.45. The lowest BCUT2D eigenvalue weighted by molar-refractivity contribution is -0.384. The SMILES string of the molecule is CC1(C)CC(NC(=O)c2ccc(Nc3ncc([N+](=O)[O-])c(Nc4ccc(Cl)cc4)n3)cc2)CC(C)(C)N1[O]. The van der Waals surface area contributed by atoms with E-state index in [1.165, 1.54) is 0 Å². The zero-order valence-corrected chi connectivity index (χ0v) is 22.2. The van der Waals surface area contributed by atoms with Gasteiger partial charge in [0.1, 0.15) is 6.20 Å². The summed E-state index contributed by atoms with van der Waals surface area (Å²) in [5, 5.41) is 34.7. The molecule has 0 aliphatic carbocycles. The van der Waals surface area contributed by atoms with Gasteiger partial charge in [0.2, 0.25) is 11.8 Å². The Labute approximate surface area is 225 Å². The number of hydrogen-bond donors (Lipinski definition) is 3. The number of rotatable bonds is 7. The summed E-state index contributed by atoms with van der Waals surface area (Å²) >= 11 is 5.91. The zero-order chi connectivity index (χ0) is 27.7. The minimum Gasteiger partial charge on any atom is -0.349 e. The summed E-state index contributed by atoms with van der Waals surface area (Å²) in [7, 11) is 0. The van der Waals surface area contributed by atoms with Crippen molar-refractivity contribution in [1.29, 1.82) is 0 Å². The van der Waals surface area contributed by atoms with Crippen LogP contribution in [-0.2, 0) is 5.21 Å². The van der Waals surface area contributed by atoms with Gasteiger partial charge in [-0.1, -0.05) is 11.6 Å². The summed E-state index contributed by atoms with van der Waals surface area (Å²) in [6.07, 6.45) is 2.22. The molecule has 0 spiro atoms. The van der Waals surface area contributed by atoms with Gasteiger partial charge < -0.3 is 16.0 Å². The lowest BCUT2D eigenvalue weighted by atomic mass is 9.79. The van der Waals surface area contributed by atoms with Crippen LogP contribution in [0.4, 0.5) is 28.8 Å². The van der Waals surface area contributed by atoms with Crippen molar-refractivity contribution in [3.05, 3.63) is 75.4 Å². The number of piperidine rings is 1. The number of hydroxylamine groups is 2. The number of halogens is 1. The highest BCUT2D eigenvalue weighted by Gasteiger charge is 2.46. The molecule has 0 bridgehead atoms. The molecule has 2 aromatic carbocycles. The monoisotopic (exact) mass is 538 g/mol. The molecule has 1 radical (unpaired) electrons. The summed E-state index contributed by atoms with van der Waals surface area (Å²) in [6.45, 7) is 7.54. The molecule has 12 heteroatoms. The summed E-state index contributed by atoms with van der Waals surface area (Å²) < 4.78 is 0. The van der Waals surface area contributed by atoms with Crippen LogP contribution < -0.4 is 16.0 Å². The van der Waals surface area contributed by atoms with Crippen molar-refractivity contribution in [1.82, 2.24) is 20.3 Å². The molecule has 1 saturated heterocycles. The number of carbonyl (C=O) groups is 1. The van der Waals surface area contributed by atoms with E-state index in [0.29, 0.717) is 34.8 Å². The fourth-order valence-electron chi connectivity index (χ4n) is 4.80. The number of amides is 1. The van der Waals surface area contributed by atoms with Crippen LogP contribution in [0.15, 0.2) is 54.7 Å². The van der Waals surface area contributed by atoms with Gasteiger partial charge in [0.15, 0.2) is 0 Å². The maximum atomic E-state index is 12.9. The number of nitrogens with one attached hydrogen (secondary N) is 3. The van der Waals surface area contributed by atoms with Crippen molar-refractivity contribution >= 4 is 46.3 Å². The first-order valence-corrected chi connectivity index (χ1v) is 12.4. The van der Waals surface area contributed by atoms with Crippen LogP contribution in [0, 0.1) is 10.1 Å². The number of benzene rings is 2. The molecule has 38 heavy (non-hydrogen) atoms. The number of hydrogen-bond acceptors (Lipinski definition) is 8. The largest absolute Gasteiger partial charge is 0.349 e. The molecule has 0 atom stereocenters. The van der Waals surface area contributed by atoms with Gasteiger partial charge in [-0.25, -0.2) is 4.98 Å². The summed E-state index contributed by atoms with van der Waals surface area (Å²) in [6, 6.07) is 13.2. The maximum absolute atomic E-state index is 12.9. The highest BCUT2D eigenvalue weighted by Crippen LogP contribution is 2.37. The molecule has 0 saturated carbocycles. The molecule has 11 nitrogen and oxygen atoms in total. The average Bonchev–Trinajstić information content (AvgIpc) is 2.84. The minimum absolute atomic E-state index is 0.0146. The van der Waals surface area contributed by atoms with E-state index >= 15 is 0 Å². The first kappa shape index (κ1) is 27.2. The van der Waals surface area contributed by atoms with Crippen LogP contribution in [-0.4, -0.2) is 43.0 Å². The van der Waals surface area contributed by atoms with Crippen LogP contribution in [0.1, 0.15) is 50.9 Å². The molecule has 199 valence electrons. The van der Waals surface area contributed by atoms with Gasteiger partial charge in [-0.2, -0.15) is 4.98 Å². The van der Waals surface area contributed by atoms with Crippen LogP contribution in [0.2, 0.25) is 5.02 Å². The second kappa shape index (κ2) is 10.5. The fourth-order valence-corrected chi connectivity index (χ4v) is 4.93. The second-order valence-corrected chi connectivity index (χ2v) is 11.0. The second-order valence-electron chi connectivity index (χ2n) is 10.5. The molecule has 1 aliphatic heterocycles. The predicted octanol–water partition coefficient (Wildman–Crippen LogP) is 5.62. The van der Waals surface area contributed by atoms with Crippen molar-refractivity contribution in [2.45, 2.75) is 57.7 Å². The van der Waals surface area contributed by atoms with Crippen LogP contribution in [0.25, 0.3) is 0 Å². The molecule has 1 amide bonds. The number of carbonyl (C=O) groups excluding carboxylic acids is 1. The number of aromatic nitrogens is 2. The predicted molar refractivity (Wildman–Crippen MR) is 144 cm³/mol. The normalized spacial score (nSPS) is 17.0. The van der Waals surface area contributed by atoms with Crippen LogP contribution in [0.3, 0.4) is 0 Å². The summed E-state index contributed by atoms with van der Waals surface area (Å²) in [5.41, 5.74) is 0.177. The third-order valence-electron chi connectivity index (χ3n) is 6.40. The standard InChI is InChI=1S/C26H29ClN7O4/c1-25(2)13-20(14-26(3,4)34(25)38)30-23(35)16-5-9-19(10-6-16)31-24-28-15-21(33(36)37)22(32-24)29-18-11-7-17(27)8-12-18/h5-12,15,20H,13-14H2,1-4H3,(H,30,35)(H2,28,29,31,32). The first-order chi connectivity index (χ1) is 17.8. The first-order valence-electron chi connectivity index (χ1n) is 12.0. The van der Waals surface area contributed by atoms with Gasteiger partial charge in [0, 0.05) is 39.1 Å². The van der Waals surface area contributed by atoms with E-state index in [1.54, 1.807) is 48.5 Å². The molecule has 4 rings (SSSR count). The van der Waals surface area contributed by atoms with Gasteiger partial charge in [-0.3, -0.25) is 14.9 Å². The quantitative estimate of drug-likeness (QED) is 0.259. The molecule has 1 aromatic heterocycles. The zero-order valence-electron chi connectivity index (χ0n) is 21.5. The van der Waals surface area contributed by atoms with Crippen molar-refractivity contribution in [2.75, 3.05) is 10.6 Å². The van der Waals surface area contributed by atoms with E-state index in [2.05, 4.69) is 25.9 Å². The van der Waals surface area contributed by atoms with Crippen molar-refractivity contribution < 1.29 is 14.9 Å². The Kier molecular flexibility index (Phi) is 7.54. The van der Waals surface area contributed by atoms with Gasteiger partial charge in [-0.15, -0.1) is 10.3 Å². The molecular formula is C26H29ClN7O4. The topological polar surface area (TPSA) is 145 Å². The Hall–Kier alpha value is -3.80. The van der Waals surface area contributed by atoms with E-state index in [-0.39, 0.29) is 29.4 Å². The number of nitrogens with zero attached hydrogens (tertiary/aromatic N) is 4. The Morgan fingerprint density at radius 2 is 1.55 bits per heavy atom. The average molecular weight is 539 g/mol. The summed E-state index contributed by atoms with van der Waals surface area (Å²) in [5.74, 6) is -0.0765. The third-order valence-corrected chi connectivity index (χ3v) is 6.65. The van der Waals surface area contributed by atoms with E-state index in [4.69, 9.17) is 11.6 Å². The van der Waals surface area contributed by atoms with E-state index in [0.717, 1.165) is 11.3 Å². The van der Waals surface area contributed by atoms with Gasteiger partial charge >= 0.3 is 5.69 Å². The number of nitro groups is 1. The van der Waals surface area contributed by atoms with Crippen molar-refractivity contribution in [3.8, 4) is 0 Å². The molecule has 1 aliphatic rings. The fraction of sp³-hybridized carbons (Fsp3) is 0.346. The van der Waals surface area contributed by atoms with E-state index < -0.39 is 16.0 Å². The lowest BCUT2D eigenvalue weighted by Crippen LogP contribution is -2.62. The summed E-state index contributed by atoms with van der Waals surface area (Å²) in [4.78, 5) is 32.1. The van der Waals surface area contributed by atoms with Gasteiger partial charge in [0.25, 0.3) is 5.91 Å². The molecule has 3 aromatic rings. The Morgan fingerprint density at radius 3 is 2.13 bits per heavy atom. The Bertz CT molecular complexity index is 1310. The highest BCUT2D eigenvalue weighted by molar-refractivity contribution is 6.30.